The van der Waals surface area contributed by atoms with Gasteiger partial charge in [0.25, 0.3) is 0 Å². The van der Waals surface area contributed by atoms with Gasteiger partial charge < -0.3 is 13.9 Å². The molecule has 0 saturated heterocycles. The highest BCUT2D eigenvalue weighted by Gasteiger charge is 2.12. The van der Waals surface area contributed by atoms with Crippen LogP contribution in [-0.2, 0) is 11.3 Å². The molecule has 6 heteroatoms. The first-order valence-electron chi connectivity index (χ1n) is 8.21. The van der Waals surface area contributed by atoms with E-state index in [1.165, 1.54) is 6.08 Å². The fraction of sp³-hybridized carbons (Fsp3) is 0.150. The van der Waals surface area contributed by atoms with Crippen molar-refractivity contribution in [1.82, 2.24) is 14.5 Å². The van der Waals surface area contributed by atoms with Crippen molar-refractivity contribution in [2.45, 2.75) is 13.0 Å². The van der Waals surface area contributed by atoms with Crippen molar-refractivity contribution >= 4 is 12.0 Å². The Hall–Kier alpha value is -3.59. The molecular formula is C20H18N4O2. The minimum absolute atomic E-state index is 0.157. The van der Waals surface area contributed by atoms with Crippen LogP contribution in [0, 0.1) is 11.3 Å². The van der Waals surface area contributed by atoms with E-state index in [0.29, 0.717) is 18.8 Å². The van der Waals surface area contributed by atoms with E-state index in [2.05, 4.69) is 11.1 Å². The normalized spacial score (nSPS) is 10.7. The van der Waals surface area contributed by atoms with Crippen molar-refractivity contribution in [1.29, 1.82) is 5.26 Å². The van der Waals surface area contributed by atoms with Crippen molar-refractivity contribution < 1.29 is 9.21 Å². The summed E-state index contributed by atoms with van der Waals surface area (Å²) < 4.78 is 7.21. The van der Waals surface area contributed by atoms with E-state index in [-0.39, 0.29) is 12.3 Å². The van der Waals surface area contributed by atoms with E-state index in [1.807, 2.05) is 41.1 Å². The Balaban J connectivity index is 1.66. The number of nitrogens with zero attached hydrogens (tertiary/aromatic N) is 4. The summed E-state index contributed by atoms with van der Waals surface area (Å²) in [6.07, 6.45) is 10.5. The summed E-state index contributed by atoms with van der Waals surface area (Å²) in [7, 11) is 0. The Labute approximate surface area is 151 Å². The van der Waals surface area contributed by atoms with E-state index in [0.717, 1.165) is 11.3 Å². The van der Waals surface area contributed by atoms with Gasteiger partial charge in [-0.2, -0.15) is 5.26 Å². The number of carbonyl (C=O) groups excluding carboxylic acids is 1. The van der Waals surface area contributed by atoms with Gasteiger partial charge in [-0.1, -0.05) is 12.1 Å². The van der Waals surface area contributed by atoms with E-state index in [9.17, 15) is 4.79 Å². The van der Waals surface area contributed by atoms with E-state index >= 15 is 0 Å². The van der Waals surface area contributed by atoms with Crippen molar-refractivity contribution in [2.75, 3.05) is 6.54 Å². The molecule has 0 unspecified atom stereocenters. The van der Waals surface area contributed by atoms with Crippen LogP contribution < -0.4 is 0 Å². The Kier molecular flexibility index (Phi) is 5.63. The Morgan fingerprint density at radius 1 is 1.31 bits per heavy atom. The number of hydrogen-bond donors (Lipinski definition) is 0. The van der Waals surface area contributed by atoms with Crippen LogP contribution in [0.1, 0.15) is 17.7 Å². The smallest absolute Gasteiger partial charge is 0.247 e. The number of amides is 1. The lowest BCUT2D eigenvalue weighted by Crippen LogP contribution is -2.29. The SMILES string of the molecule is N#CCCN(Cc1ccco1)C(=O)/C=C/c1ccc(-n2ccnc2)cc1. The molecule has 0 aliphatic rings. The molecule has 26 heavy (non-hydrogen) atoms. The highest BCUT2D eigenvalue weighted by atomic mass is 16.3. The molecule has 0 fully saturated rings. The number of furan rings is 1. The van der Waals surface area contributed by atoms with Gasteiger partial charge >= 0.3 is 0 Å². The number of hydrogen-bond acceptors (Lipinski definition) is 4. The van der Waals surface area contributed by atoms with Crippen LogP contribution in [0.2, 0.25) is 0 Å². The molecule has 1 amide bonds. The summed E-state index contributed by atoms with van der Waals surface area (Å²) in [5.74, 6) is 0.532. The number of aromatic nitrogens is 2. The second-order valence-electron chi connectivity index (χ2n) is 5.64. The standard InChI is InChI=1S/C20H18N4O2/c21-10-2-12-23(15-19-3-1-14-26-19)20(25)9-6-17-4-7-18(8-5-17)24-13-11-22-16-24/h1,3-9,11,13-14,16H,2,12,15H2/b9-6+. The van der Waals surface area contributed by atoms with Crippen LogP contribution in [-0.4, -0.2) is 26.9 Å². The van der Waals surface area contributed by atoms with Crippen LogP contribution >= 0.6 is 0 Å². The Morgan fingerprint density at radius 3 is 2.81 bits per heavy atom. The van der Waals surface area contributed by atoms with E-state index < -0.39 is 0 Å². The molecule has 1 aromatic carbocycles. The van der Waals surface area contributed by atoms with Gasteiger partial charge in [0.1, 0.15) is 5.76 Å². The van der Waals surface area contributed by atoms with Gasteiger partial charge in [-0.3, -0.25) is 4.79 Å². The molecule has 0 aliphatic heterocycles. The average molecular weight is 346 g/mol. The summed E-state index contributed by atoms with van der Waals surface area (Å²) in [4.78, 5) is 18.1. The minimum Gasteiger partial charge on any atom is -0.467 e. The number of benzene rings is 1. The molecule has 0 bridgehead atoms. The monoisotopic (exact) mass is 346 g/mol. The molecule has 2 heterocycles. The highest BCUT2D eigenvalue weighted by Crippen LogP contribution is 2.12. The lowest BCUT2D eigenvalue weighted by Gasteiger charge is -2.18. The Bertz CT molecular complexity index is 888. The third-order valence-electron chi connectivity index (χ3n) is 3.85. The molecule has 2 aromatic heterocycles. The van der Waals surface area contributed by atoms with Crippen molar-refractivity contribution in [3.05, 3.63) is 78.8 Å². The molecule has 0 N–H and O–H groups in total. The van der Waals surface area contributed by atoms with Gasteiger partial charge in [-0.05, 0) is 35.9 Å². The molecular weight excluding hydrogens is 328 g/mol. The van der Waals surface area contributed by atoms with Crippen LogP contribution in [0.4, 0.5) is 0 Å². The summed E-state index contributed by atoms with van der Waals surface area (Å²) >= 11 is 0. The minimum atomic E-state index is -0.157. The number of carbonyl (C=O) groups is 1. The molecule has 3 rings (SSSR count). The van der Waals surface area contributed by atoms with Crippen LogP contribution in [0.25, 0.3) is 11.8 Å². The highest BCUT2D eigenvalue weighted by molar-refractivity contribution is 5.91. The zero-order valence-corrected chi connectivity index (χ0v) is 14.2. The van der Waals surface area contributed by atoms with Crippen molar-refractivity contribution in [2.24, 2.45) is 0 Å². The van der Waals surface area contributed by atoms with Crippen LogP contribution in [0.3, 0.4) is 0 Å². The number of imidazole rings is 1. The zero-order valence-electron chi connectivity index (χ0n) is 14.2. The van der Waals surface area contributed by atoms with Gasteiger partial charge in [0.15, 0.2) is 0 Å². The first-order valence-corrected chi connectivity index (χ1v) is 8.21. The fourth-order valence-corrected chi connectivity index (χ4v) is 2.49. The summed E-state index contributed by atoms with van der Waals surface area (Å²) in [6.45, 7) is 0.706. The van der Waals surface area contributed by atoms with E-state index in [4.69, 9.17) is 9.68 Å². The first kappa shape index (κ1) is 17.2. The van der Waals surface area contributed by atoms with Gasteiger partial charge in [0, 0.05) is 30.7 Å². The molecule has 6 nitrogen and oxygen atoms in total. The van der Waals surface area contributed by atoms with Gasteiger partial charge in [0.2, 0.25) is 5.91 Å². The van der Waals surface area contributed by atoms with Crippen molar-refractivity contribution in [3.63, 3.8) is 0 Å². The molecule has 0 aliphatic carbocycles. The third-order valence-corrected chi connectivity index (χ3v) is 3.85. The average Bonchev–Trinajstić information content (AvgIpc) is 3.37. The summed E-state index contributed by atoms with van der Waals surface area (Å²) in [6, 6.07) is 13.5. The van der Waals surface area contributed by atoms with Gasteiger partial charge in [-0.15, -0.1) is 0 Å². The maximum atomic E-state index is 12.5. The molecule has 0 atom stereocenters. The van der Waals surface area contributed by atoms with Gasteiger partial charge in [0.05, 0.1) is 31.6 Å². The van der Waals surface area contributed by atoms with E-state index in [1.54, 1.807) is 35.8 Å². The Morgan fingerprint density at radius 2 is 2.15 bits per heavy atom. The predicted molar refractivity (Wildman–Crippen MR) is 97.0 cm³/mol. The number of nitriles is 1. The van der Waals surface area contributed by atoms with Crippen LogP contribution in [0.5, 0.6) is 0 Å². The molecule has 3 aromatic rings. The molecule has 0 radical (unpaired) electrons. The zero-order chi connectivity index (χ0) is 18.2. The number of rotatable bonds is 7. The summed E-state index contributed by atoms with van der Waals surface area (Å²) in [5.41, 5.74) is 1.92. The topological polar surface area (TPSA) is 75.1 Å². The predicted octanol–water partition coefficient (Wildman–Crippen LogP) is 3.42. The molecule has 130 valence electrons. The lowest BCUT2D eigenvalue weighted by atomic mass is 10.2. The van der Waals surface area contributed by atoms with Crippen LogP contribution in [0.15, 0.2) is 71.9 Å². The second kappa shape index (κ2) is 8.49. The first-order chi connectivity index (χ1) is 12.8. The summed E-state index contributed by atoms with van der Waals surface area (Å²) in [5, 5.41) is 8.80. The maximum Gasteiger partial charge on any atom is 0.247 e. The van der Waals surface area contributed by atoms with Crippen molar-refractivity contribution in [3.8, 4) is 11.8 Å². The maximum absolute atomic E-state index is 12.5. The third kappa shape index (κ3) is 4.48. The van der Waals surface area contributed by atoms with Gasteiger partial charge in [-0.25, -0.2) is 4.98 Å². The molecule has 0 spiro atoms. The quantitative estimate of drug-likeness (QED) is 0.614. The lowest BCUT2D eigenvalue weighted by molar-refractivity contribution is -0.126. The molecule has 0 saturated carbocycles. The second-order valence-corrected chi connectivity index (χ2v) is 5.64. The fourth-order valence-electron chi connectivity index (χ4n) is 2.49. The largest absolute Gasteiger partial charge is 0.467 e.